The normalized spacial score (nSPS) is 31.0. The summed E-state index contributed by atoms with van der Waals surface area (Å²) in [6.07, 6.45) is 2.34. The first-order valence-corrected chi connectivity index (χ1v) is 10.1. The highest BCUT2D eigenvalue weighted by Crippen LogP contribution is 2.52. The van der Waals surface area contributed by atoms with Crippen LogP contribution in [0.3, 0.4) is 0 Å². The van der Waals surface area contributed by atoms with Crippen LogP contribution >= 0.6 is 17.0 Å². The van der Waals surface area contributed by atoms with Crippen LogP contribution in [-0.4, -0.2) is 47.2 Å². The summed E-state index contributed by atoms with van der Waals surface area (Å²) in [6.45, 7) is 3.85. The third-order valence-electron chi connectivity index (χ3n) is 7.10. The van der Waals surface area contributed by atoms with Crippen molar-refractivity contribution in [3.8, 4) is 0 Å². The number of fused-ring (bicyclic) bond motifs is 4. The fourth-order valence-electron chi connectivity index (χ4n) is 5.97. The number of hydrogen-bond donors (Lipinski definition) is 1. The molecule has 6 rings (SSSR count). The van der Waals surface area contributed by atoms with E-state index in [1.807, 2.05) is 6.07 Å². The fourth-order valence-corrected chi connectivity index (χ4v) is 5.97. The molecule has 4 aliphatic heterocycles. The molecule has 3 saturated heterocycles. The van der Waals surface area contributed by atoms with Crippen LogP contribution in [0.4, 0.5) is 4.79 Å². The van der Waals surface area contributed by atoms with Gasteiger partial charge in [-0.1, -0.05) is 54.6 Å². The lowest BCUT2D eigenvalue weighted by Gasteiger charge is -2.58. The second-order valence-electron chi connectivity index (χ2n) is 8.22. The van der Waals surface area contributed by atoms with Gasteiger partial charge in [-0.25, -0.2) is 4.79 Å². The van der Waals surface area contributed by atoms with Gasteiger partial charge >= 0.3 is 6.09 Å². The van der Waals surface area contributed by atoms with Gasteiger partial charge in [0.1, 0.15) is 5.54 Å². The van der Waals surface area contributed by atoms with Gasteiger partial charge in [-0.2, -0.15) is 0 Å². The largest absolute Gasteiger partial charge is 0.465 e. The van der Waals surface area contributed by atoms with Crippen molar-refractivity contribution in [2.24, 2.45) is 11.8 Å². The van der Waals surface area contributed by atoms with E-state index in [0.717, 1.165) is 31.6 Å². The molecule has 0 aromatic heterocycles. The highest BCUT2D eigenvalue weighted by molar-refractivity contribution is 8.93. The van der Waals surface area contributed by atoms with Crippen LogP contribution in [0.15, 0.2) is 54.6 Å². The quantitative estimate of drug-likeness (QED) is 0.749. The SMILES string of the molecule is Br.O=C(O)N1CCc2ccccc2[C@]1(c1ccccc1)[C@H]1CN2CCC1CC2. The third-order valence-corrected chi connectivity index (χ3v) is 7.10. The maximum atomic E-state index is 12.5. The first kappa shape index (κ1) is 19.5. The van der Waals surface area contributed by atoms with E-state index in [0.29, 0.717) is 18.4 Å². The Labute approximate surface area is 176 Å². The maximum absolute atomic E-state index is 12.5. The molecule has 2 aromatic rings. The maximum Gasteiger partial charge on any atom is 0.408 e. The monoisotopic (exact) mass is 442 g/mol. The van der Waals surface area contributed by atoms with Crippen molar-refractivity contribution < 1.29 is 9.90 Å². The molecule has 4 aliphatic rings. The number of rotatable bonds is 2. The summed E-state index contributed by atoms with van der Waals surface area (Å²) in [5.74, 6) is 0.864. The lowest BCUT2D eigenvalue weighted by Crippen LogP contribution is -2.64. The second-order valence-corrected chi connectivity index (χ2v) is 8.22. The van der Waals surface area contributed by atoms with Gasteiger partial charge in [0, 0.05) is 19.0 Å². The van der Waals surface area contributed by atoms with Crippen molar-refractivity contribution in [3.05, 3.63) is 71.3 Å². The Kier molecular flexibility index (Phi) is 5.23. The second kappa shape index (κ2) is 7.53. The molecule has 1 N–H and O–H groups in total. The zero-order chi connectivity index (χ0) is 18.4. The number of nitrogens with zero attached hydrogens (tertiary/aromatic N) is 2. The smallest absolute Gasteiger partial charge is 0.408 e. The van der Waals surface area contributed by atoms with Crippen molar-refractivity contribution in [1.29, 1.82) is 0 Å². The lowest BCUT2D eigenvalue weighted by atomic mass is 9.60. The first-order chi connectivity index (χ1) is 13.2. The van der Waals surface area contributed by atoms with Gasteiger partial charge in [-0.3, -0.25) is 4.90 Å². The number of benzene rings is 2. The number of carboxylic acid groups (broad SMARTS) is 1. The summed E-state index contributed by atoms with van der Waals surface area (Å²) in [5.41, 5.74) is 3.03. The highest BCUT2D eigenvalue weighted by Gasteiger charge is 2.56. The average Bonchev–Trinajstić information content (AvgIpc) is 2.74. The molecular formula is C23H27BrN2O2. The topological polar surface area (TPSA) is 43.8 Å². The van der Waals surface area contributed by atoms with E-state index in [4.69, 9.17) is 0 Å². The Hall–Kier alpha value is -1.85. The van der Waals surface area contributed by atoms with Crippen LogP contribution in [-0.2, 0) is 12.0 Å². The van der Waals surface area contributed by atoms with E-state index in [1.54, 1.807) is 4.90 Å². The van der Waals surface area contributed by atoms with E-state index in [2.05, 4.69) is 53.4 Å². The molecule has 2 atom stereocenters. The van der Waals surface area contributed by atoms with Gasteiger partial charge in [0.25, 0.3) is 0 Å². The molecule has 0 radical (unpaired) electrons. The van der Waals surface area contributed by atoms with Gasteiger partial charge in [0.2, 0.25) is 0 Å². The van der Waals surface area contributed by atoms with Crippen molar-refractivity contribution in [2.75, 3.05) is 26.2 Å². The summed E-state index contributed by atoms with van der Waals surface area (Å²) in [7, 11) is 0. The predicted molar refractivity (Wildman–Crippen MR) is 115 cm³/mol. The van der Waals surface area contributed by atoms with Gasteiger partial charge < -0.3 is 10.0 Å². The Morgan fingerprint density at radius 3 is 2.29 bits per heavy atom. The molecular weight excluding hydrogens is 416 g/mol. The van der Waals surface area contributed by atoms with E-state index >= 15 is 0 Å². The Bertz CT molecular complexity index is 851. The number of carbonyl (C=O) groups is 1. The Morgan fingerprint density at radius 1 is 0.964 bits per heavy atom. The van der Waals surface area contributed by atoms with E-state index in [1.165, 1.54) is 24.0 Å². The van der Waals surface area contributed by atoms with E-state index < -0.39 is 11.6 Å². The minimum absolute atomic E-state index is 0. The fraction of sp³-hybridized carbons (Fsp3) is 0.435. The molecule has 0 spiro atoms. The third kappa shape index (κ3) is 2.79. The minimum atomic E-state index is -0.801. The number of hydrogen-bond acceptors (Lipinski definition) is 2. The molecule has 4 heterocycles. The molecule has 0 aliphatic carbocycles. The van der Waals surface area contributed by atoms with Crippen LogP contribution in [0.5, 0.6) is 0 Å². The zero-order valence-electron chi connectivity index (χ0n) is 16.0. The summed E-state index contributed by atoms with van der Waals surface area (Å²) >= 11 is 0. The molecule has 4 nitrogen and oxygen atoms in total. The molecule has 5 heteroatoms. The zero-order valence-corrected chi connectivity index (χ0v) is 17.7. The molecule has 1 amide bonds. The standard InChI is InChI=1S/C23H26N2O2.BrH/c26-22(27)25-15-12-17-6-4-5-9-20(17)23(25,19-7-2-1-3-8-19)21-16-24-13-10-18(21)11-14-24;/h1-9,18,21H,10-16H2,(H,26,27);1H/t21-,23+;/m0./s1. The molecule has 3 fully saturated rings. The van der Waals surface area contributed by atoms with Gasteiger partial charge in [-0.15, -0.1) is 17.0 Å². The molecule has 0 saturated carbocycles. The highest BCUT2D eigenvalue weighted by atomic mass is 79.9. The number of amides is 1. The first-order valence-electron chi connectivity index (χ1n) is 10.1. The summed E-state index contributed by atoms with van der Waals surface area (Å²) < 4.78 is 0. The van der Waals surface area contributed by atoms with Crippen molar-refractivity contribution in [1.82, 2.24) is 9.80 Å². The predicted octanol–water partition coefficient (Wildman–Crippen LogP) is 4.39. The van der Waals surface area contributed by atoms with Gasteiger partial charge in [-0.05, 0) is 55.0 Å². The van der Waals surface area contributed by atoms with Crippen LogP contribution in [0.1, 0.15) is 29.5 Å². The van der Waals surface area contributed by atoms with Crippen molar-refractivity contribution >= 4 is 23.1 Å². The van der Waals surface area contributed by atoms with Gasteiger partial charge in [0.05, 0.1) is 0 Å². The molecule has 0 unspecified atom stereocenters. The van der Waals surface area contributed by atoms with E-state index in [9.17, 15) is 9.90 Å². The van der Waals surface area contributed by atoms with Crippen LogP contribution in [0.2, 0.25) is 0 Å². The minimum Gasteiger partial charge on any atom is -0.465 e. The number of halogens is 1. The van der Waals surface area contributed by atoms with Crippen molar-refractivity contribution in [3.63, 3.8) is 0 Å². The summed E-state index contributed by atoms with van der Waals surface area (Å²) in [5, 5.41) is 10.3. The average molecular weight is 443 g/mol. The summed E-state index contributed by atoms with van der Waals surface area (Å²) in [6, 6.07) is 18.9. The molecule has 148 valence electrons. The molecule has 2 bridgehead atoms. The Balaban J connectivity index is 0.00000192. The number of piperidine rings is 3. The van der Waals surface area contributed by atoms with Crippen LogP contribution < -0.4 is 0 Å². The van der Waals surface area contributed by atoms with Gasteiger partial charge in [0.15, 0.2) is 0 Å². The van der Waals surface area contributed by atoms with Crippen LogP contribution in [0.25, 0.3) is 0 Å². The molecule has 28 heavy (non-hydrogen) atoms. The van der Waals surface area contributed by atoms with Crippen LogP contribution in [0, 0.1) is 11.8 Å². The lowest BCUT2D eigenvalue weighted by molar-refractivity contribution is -0.0422. The Morgan fingerprint density at radius 2 is 1.64 bits per heavy atom. The molecule has 2 aromatic carbocycles. The summed E-state index contributed by atoms with van der Waals surface area (Å²) in [4.78, 5) is 16.8. The van der Waals surface area contributed by atoms with E-state index in [-0.39, 0.29) is 17.0 Å². The van der Waals surface area contributed by atoms with Crippen molar-refractivity contribution in [2.45, 2.75) is 24.8 Å².